The largest absolute Gasteiger partial charge is 0.398 e. The number of nitrogen functional groups attached to an aromatic ring is 1. The molecule has 0 spiro atoms. The summed E-state index contributed by atoms with van der Waals surface area (Å²) in [4.78, 5) is 0. The molecule has 2 rings (SSSR count). The van der Waals surface area contributed by atoms with Crippen LogP contribution in [0, 0.1) is 0 Å². The number of nitrogens with two attached hydrogens (primary N) is 1. The van der Waals surface area contributed by atoms with E-state index in [1.165, 1.54) is 5.56 Å². The van der Waals surface area contributed by atoms with Gasteiger partial charge in [-0.05, 0) is 34.2 Å². The van der Waals surface area contributed by atoms with Crippen molar-refractivity contribution in [2.45, 2.75) is 26.2 Å². The highest BCUT2D eigenvalue weighted by Gasteiger charge is 2.13. The predicted octanol–water partition coefficient (Wildman–Crippen LogP) is 4.89. The van der Waals surface area contributed by atoms with Gasteiger partial charge in [-0.25, -0.2) is 0 Å². The molecule has 2 aromatic rings. The van der Waals surface area contributed by atoms with E-state index < -0.39 is 0 Å². The molecule has 0 aromatic heterocycles. The molecule has 0 unspecified atom stereocenters. The van der Waals surface area contributed by atoms with Gasteiger partial charge in [0.2, 0.25) is 0 Å². The van der Waals surface area contributed by atoms with E-state index in [1.54, 1.807) is 0 Å². The molecular formula is C16H18ClN. The Morgan fingerprint density at radius 1 is 0.889 bits per heavy atom. The molecule has 0 aliphatic carbocycles. The first-order chi connectivity index (χ1) is 8.38. The maximum atomic E-state index is 6.04. The first-order valence-corrected chi connectivity index (χ1v) is 6.42. The van der Waals surface area contributed by atoms with Crippen molar-refractivity contribution < 1.29 is 0 Å². The van der Waals surface area contributed by atoms with Gasteiger partial charge in [0, 0.05) is 0 Å². The van der Waals surface area contributed by atoms with E-state index in [2.05, 4.69) is 45.0 Å². The second-order valence-electron chi connectivity index (χ2n) is 5.56. The number of hydrogen-bond acceptors (Lipinski definition) is 1. The van der Waals surface area contributed by atoms with Crippen molar-refractivity contribution in [2.75, 3.05) is 5.73 Å². The first kappa shape index (κ1) is 13.0. The van der Waals surface area contributed by atoms with E-state index in [9.17, 15) is 0 Å². The standard InChI is InChI=1S/C16H18ClN/c1-16(2,3)13-7-4-11(5-8-13)12-6-9-15(18)14(17)10-12/h4-10H,18H2,1-3H3. The van der Waals surface area contributed by atoms with E-state index in [1.807, 2.05) is 18.2 Å². The Morgan fingerprint density at radius 2 is 1.44 bits per heavy atom. The molecule has 0 radical (unpaired) electrons. The van der Waals surface area contributed by atoms with Crippen LogP contribution in [-0.2, 0) is 5.41 Å². The van der Waals surface area contributed by atoms with Crippen LogP contribution in [0.3, 0.4) is 0 Å². The summed E-state index contributed by atoms with van der Waals surface area (Å²) in [5, 5.41) is 0.604. The number of anilines is 1. The molecule has 0 amide bonds. The average molecular weight is 260 g/mol. The highest BCUT2D eigenvalue weighted by molar-refractivity contribution is 6.33. The minimum Gasteiger partial charge on any atom is -0.398 e. The van der Waals surface area contributed by atoms with Gasteiger partial charge in [-0.3, -0.25) is 0 Å². The zero-order valence-electron chi connectivity index (χ0n) is 11.0. The second kappa shape index (κ2) is 4.66. The van der Waals surface area contributed by atoms with Gasteiger partial charge in [-0.1, -0.05) is 62.7 Å². The molecule has 94 valence electrons. The van der Waals surface area contributed by atoms with Crippen molar-refractivity contribution in [3.05, 3.63) is 53.1 Å². The molecule has 18 heavy (non-hydrogen) atoms. The van der Waals surface area contributed by atoms with Gasteiger partial charge in [0.1, 0.15) is 0 Å². The molecule has 0 saturated heterocycles. The maximum absolute atomic E-state index is 6.04. The van der Waals surface area contributed by atoms with E-state index in [4.69, 9.17) is 17.3 Å². The quantitative estimate of drug-likeness (QED) is 0.725. The Kier molecular flexibility index (Phi) is 3.36. The average Bonchev–Trinajstić information content (AvgIpc) is 2.32. The fourth-order valence-corrected chi connectivity index (χ4v) is 2.05. The smallest absolute Gasteiger partial charge is 0.0641 e. The number of hydrogen-bond donors (Lipinski definition) is 1. The van der Waals surface area contributed by atoms with Crippen LogP contribution in [0.2, 0.25) is 5.02 Å². The Bertz CT molecular complexity index is 550. The van der Waals surface area contributed by atoms with Crippen molar-refractivity contribution in [2.24, 2.45) is 0 Å². The molecule has 1 nitrogen and oxygen atoms in total. The van der Waals surface area contributed by atoms with Crippen LogP contribution in [0.1, 0.15) is 26.3 Å². The summed E-state index contributed by atoms with van der Waals surface area (Å²) in [5.74, 6) is 0. The van der Waals surface area contributed by atoms with Gasteiger partial charge >= 0.3 is 0 Å². The fourth-order valence-electron chi connectivity index (χ4n) is 1.87. The molecule has 0 bridgehead atoms. The molecule has 0 aliphatic rings. The Hall–Kier alpha value is -1.47. The van der Waals surface area contributed by atoms with Crippen molar-refractivity contribution in [1.82, 2.24) is 0 Å². The van der Waals surface area contributed by atoms with Crippen molar-refractivity contribution in [1.29, 1.82) is 0 Å². The molecule has 2 N–H and O–H groups in total. The molecule has 0 heterocycles. The van der Waals surface area contributed by atoms with Gasteiger partial charge in [0.15, 0.2) is 0 Å². The number of benzene rings is 2. The summed E-state index contributed by atoms with van der Waals surface area (Å²) in [6.45, 7) is 6.63. The summed E-state index contributed by atoms with van der Waals surface area (Å²) in [5.41, 5.74) is 10.1. The Morgan fingerprint density at radius 3 is 1.94 bits per heavy atom. The Balaban J connectivity index is 2.37. The van der Waals surface area contributed by atoms with Gasteiger partial charge in [0.05, 0.1) is 10.7 Å². The molecule has 0 aliphatic heterocycles. The zero-order chi connectivity index (χ0) is 13.3. The summed E-state index contributed by atoms with van der Waals surface area (Å²) < 4.78 is 0. The lowest BCUT2D eigenvalue weighted by atomic mass is 9.86. The SMILES string of the molecule is CC(C)(C)c1ccc(-c2ccc(N)c(Cl)c2)cc1. The van der Waals surface area contributed by atoms with Gasteiger partial charge in [0.25, 0.3) is 0 Å². The number of halogens is 1. The zero-order valence-corrected chi connectivity index (χ0v) is 11.8. The van der Waals surface area contributed by atoms with E-state index in [0.29, 0.717) is 10.7 Å². The molecule has 2 aromatic carbocycles. The minimum absolute atomic E-state index is 0.178. The lowest BCUT2D eigenvalue weighted by molar-refractivity contribution is 0.590. The van der Waals surface area contributed by atoms with E-state index in [0.717, 1.165) is 11.1 Å². The summed E-state index contributed by atoms with van der Waals surface area (Å²) in [6.07, 6.45) is 0. The van der Waals surface area contributed by atoms with Crippen LogP contribution in [-0.4, -0.2) is 0 Å². The van der Waals surface area contributed by atoms with Gasteiger partial charge in [-0.15, -0.1) is 0 Å². The minimum atomic E-state index is 0.178. The van der Waals surface area contributed by atoms with Crippen molar-refractivity contribution >= 4 is 17.3 Å². The second-order valence-corrected chi connectivity index (χ2v) is 5.97. The molecule has 0 saturated carbocycles. The highest BCUT2D eigenvalue weighted by Crippen LogP contribution is 2.29. The summed E-state index contributed by atoms with van der Waals surface area (Å²) in [7, 11) is 0. The summed E-state index contributed by atoms with van der Waals surface area (Å²) in [6, 6.07) is 14.3. The molecule has 2 heteroatoms. The third-order valence-corrected chi connectivity index (χ3v) is 3.41. The normalized spacial score (nSPS) is 11.6. The van der Waals surface area contributed by atoms with Crippen LogP contribution < -0.4 is 5.73 Å². The highest BCUT2D eigenvalue weighted by atomic mass is 35.5. The third-order valence-electron chi connectivity index (χ3n) is 3.08. The van der Waals surface area contributed by atoms with Crippen LogP contribution >= 0.6 is 11.6 Å². The first-order valence-electron chi connectivity index (χ1n) is 6.04. The van der Waals surface area contributed by atoms with E-state index >= 15 is 0 Å². The van der Waals surface area contributed by atoms with Crippen LogP contribution in [0.5, 0.6) is 0 Å². The summed E-state index contributed by atoms with van der Waals surface area (Å²) >= 11 is 6.04. The lowest BCUT2D eigenvalue weighted by Crippen LogP contribution is -2.10. The monoisotopic (exact) mass is 259 g/mol. The lowest BCUT2D eigenvalue weighted by Gasteiger charge is -2.19. The van der Waals surface area contributed by atoms with E-state index in [-0.39, 0.29) is 5.41 Å². The predicted molar refractivity (Wildman–Crippen MR) is 80.0 cm³/mol. The van der Waals surface area contributed by atoms with Gasteiger partial charge in [-0.2, -0.15) is 0 Å². The molecule has 0 atom stereocenters. The number of rotatable bonds is 1. The maximum Gasteiger partial charge on any atom is 0.0641 e. The van der Waals surface area contributed by atoms with Crippen molar-refractivity contribution in [3.63, 3.8) is 0 Å². The van der Waals surface area contributed by atoms with Crippen molar-refractivity contribution in [3.8, 4) is 11.1 Å². The third kappa shape index (κ3) is 2.68. The molecule has 0 fully saturated rings. The van der Waals surface area contributed by atoms with Gasteiger partial charge < -0.3 is 5.73 Å². The fraction of sp³-hybridized carbons (Fsp3) is 0.250. The molecular weight excluding hydrogens is 242 g/mol. The van der Waals surface area contributed by atoms with Crippen LogP contribution in [0.4, 0.5) is 5.69 Å². The Labute approximate surface area is 114 Å². The topological polar surface area (TPSA) is 26.0 Å². The van der Waals surface area contributed by atoms with Crippen LogP contribution in [0.15, 0.2) is 42.5 Å². The van der Waals surface area contributed by atoms with Crippen LogP contribution in [0.25, 0.3) is 11.1 Å².